The van der Waals surface area contributed by atoms with Gasteiger partial charge in [-0.15, -0.1) is 0 Å². The molecule has 0 unspecified atom stereocenters. The van der Waals surface area contributed by atoms with Crippen LogP contribution in [0.25, 0.3) is 0 Å². The molecule has 2 aromatic rings. The van der Waals surface area contributed by atoms with Gasteiger partial charge in [-0.1, -0.05) is 62.1 Å². The molecule has 3 N–H and O–H groups in total. The first-order valence-electron chi connectivity index (χ1n) is 11.3. The van der Waals surface area contributed by atoms with Crippen molar-refractivity contribution in [2.45, 2.75) is 68.7 Å². The van der Waals surface area contributed by atoms with Gasteiger partial charge >= 0.3 is 6.16 Å². The van der Waals surface area contributed by atoms with Gasteiger partial charge < -0.3 is 34.3 Å². The van der Waals surface area contributed by atoms with Gasteiger partial charge in [-0.2, -0.15) is 0 Å². The number of aliphatic hydroxyl groups excluding tert-OH is 2. The van der Waals surface area contributed by atoms with Crippen LogP contribution in [-0.2, 0) is 9.47 Å². The summed E-state index contributed by atoms with van der Waals surface area (Å²) in [5, 5.41) is 32.7. The highest BCUT2D eigenvalue weighted by atomic mass is 28.3. The Morgan fingerprint density at radius 1 is 1.03 bits per heavy atom. The van der Waals surface area contributed by atoms with Gasteiger partial charge in [-0.3, -0.25) is 0 Å². The van der Waals surface area contributed by atoms with Crippen molar-refractivity contribution in [2.24, 2.45) is 0 Å². The lowest BCUT2D eigenvalue weighted by atomic mass is 9.81. The van der Waals surface area contributed by atoms with Crippen molar-refractivity contribution >= 4 is 14.2 Å². The van der Waals surface area contributed by atoms with Gasteiger partial charge in [-0.25, -0.2) is 4.79 Å². The molecule has 0 aromatic heterocycles. The fourth-order valence-corrected chi connectivity index (χ4v) is 4.96. The van der Waals surface area contributed by atoms with E-state index in [-0.39, 0.29) is 12.2 Å². The van der Waals surface area contributed by atoms with Gasteiger partial charge in [0, 0.05) is 14.5 Å². The summed E-state index contributed by atoms with van der Waals surface area (Å²) in [7, 11) is -1.64. The number of para-hydroxylation sites is 2. The Kier molecular flexibility index (Phi) is 8.05. The normalized spacial score (nSPS) is 29.3. The maximum Gasteiger partial charge on any atom is 0.514 e. The molecule has 1 aliphatic rings. The maximum absolute atomic E-state index is 12.6. The lowest BCUT2D eigenvalue weighted by molar-refractivity contribution is -0.360. The van der Waals surface area contributed by atoms with E-state index in [9.17, 15) is 20.1 Å². The van der Waals surface area contributed by atoms with Gasteiger partial charge in [0.1, 0.15) is 23.2 Å². The van der Waals surface area contributed by atoms with Crippen molar-refractivity contribution in [1.82, 2.24) is 0 Å². The average molecular weight is 491 g/mol. The standard InChI is InChI=1S/C25H34O8Si/c1-24(29)20(17-26)33-25(15-16-34(2,3)4,32-19-13-9-6-10-14-19)21(27)22(24)31-23(28)30-18-11-7-5-8-12-18/h5-14,20-22,26-27,29H,15-17H2,1-4H3/t20-,21-,22-,24-,25-/m1/s1. The number of benzene rings is 2. The van der Waals surface area contributed by atoms with E-state index in [1.165, 1.54) is 6.92 Å². The molecule has 0 spiro atoms. The highest BCUT2D eigenvalue weighted by Gasteiger charge is 2.62. The summed E-state index contributed by atoms with van der Waals surface area (Å²) in [6.45, 7) is 7.26. The number of carbonyl (C=O) groups is 1. The van der Waals surface area contributed by atoms with Crippen LogP contribution in [0.1, 0.15) is 13.3 Å². The summed E-state index contributed by atoms with van der Waals surface area (Å²) in [6.07, 6.45) is -5.12. The largest absolute Gasteiger partial charge is 0.514 e. The number of carbonyl (C=O) groups excluding carboxylic acids is 1. The number of ether oxygens (including phenoxy) is 4. The van der Waals surface area contributed by atoms with Crippen molar-refractivity contribution < 1.29 is 39.1 Å². The predicted octanol–water partition coefficient (Wildman–Crippen LogP) is 3.58. The van der Waals surface area contributed by atoms with Crippen molar-refractivity contribution in [1.29, 1.82) is 0 Å². The first kappa shape index (κ1) is 26.2. The zero-order valence-electron chi connectivity index (χ0n) is 20.0. The third kappa shape index (κ3) is 6.16. The molecule has 0 radical (unpaired) electrons. The Labute approximate surface area is 201 Å². The molecule has 1 fully saturated rings. The highest BCUT2D eigenvalue weighted by molar-refractivity contribution is 6.76. The van der Waals surface area contributed by atoms with E-state index in [4.69, 9.17) is 18.9 Å². The van der Waals surface area contributed by atoms with Crippen LogP contribution in [0.4, 0.5) is 4.79 Å². The van der Waals surface area contributed by atoms with Crippen LogP contribution in [0.3, 0.4) is 0 Å². The van der Waals surface area contributed by atoms with Crippen LogP contribution < -0.4 is 9.47 Å². The van der Waals surface area contributed by atoms with Crippen LogP contribution in [0, 0.1) is 0 Å². The van der Waals surface area contributed by atoms with E-state index in [0.29, 0.717) is 11.8 Å². The number of aliphatic hydroxyl groups is 3. The topological polar surface area (TPSA) is 115 Å². The highest BCUT2D eigenvalue weighted by Crippen LogP contribution is 2.42. The third-order valence-electron chi connectivity index (χ3n) is 5.90. The Morgan fingerprint density at radius 3 is 2.12 bits per heavy atom. The van der Waals surface area contributed by atoms with E-state index >= 15 is 0 Å². The lowest BCUT2D eigenvalue weighted by Crippen LogP contribution is -2.73. The van der Waals surface area contributed by atoms with Gasteiger partial charge in [0.2, 0.25) is 5.79 Å². The van der Waals surface area contributed by atoms with E-state index in [1.54, 1.807) is 54.6 Å². The Bertz CT molecular complexity index is 931. The first-order chi connectivity index (χ1) is 16.0. The molecular weight excluding hydrogens is 456 g/mol. The van der Waals surface area contributed by atoms with Gasteiger partial charge in [0.15, 0.2) is 12.2 Å². The molecule has 0 saturated carbocycles. The number of rotatable bonds is 8. The Hall–Kier alpha value is -2.43. The monoisotopic (exact) mass is 490 g/mol. The molecule has 0 bridgehead atoms. The zero-order valence-corrected chi connectivity index (χ0v) is 21.0. The van der Waals surface area contributed by atoms with Crippen LogP contribution >= 0.6 is 0 Å². The van der Waals surface area contributed by atoms with Crippen molar-refractivity contribution in [3.8, 4) is 11.5 Å². The Balaban J connectivity index is 1.94. The summed E-state index contributed by atoms with van der Waals surface area (Å²) >= 11 is 0. The maximum atomic E-state index is 12.6. The van der Waals surface area contributed by atoms with Crippen molar-refractivity contribution in [2.75, 3.05) is 6.61 Å². The predicted molar refractivity (Wildman–Crippen MR) is 128 cm³/mol. The molecule has 5 atom stereocenters. The molecule has 2 aromatic carbocycles. The summed E-state index contributed by atoms with van der Waals surface area (Å²) in [6, 6.07) is 17.8. The van der Waals surface area contributed by atoms with E-state index in [0.717, 1.165) is 0 Å². The molecule has 34 heavy (non-hydrogen) atoms. The summed E-state index contributed by atoms with van der Waals surface area (Å²) < 4.78 is 23.0. The second-order valence-corrected chi connectivity index (χ2v) is 15.6. The minimum absolute atomic E-state index is 0.248. The SMILES string of the molecule is C[C@]1(O)[C@H](OC(=O)Oc2ccccc2)[C@@H](O)[C@](CC[Si](C)(C)C)(Oc2ccccc2)O[C@@H]1CO. The van der Waals surface area contributed by atoms with Crippen LogP contribution in [0.5, 0.6) is 11.5 Å². The molecular formula is C25H34O8Si. The minimum Gasteiger partial charge on any atom is -0.459 e. The van der Waals surface area contributed by atoms with Crippen molar-refractivity contribution in [3.05, 3.63) is 60.7 Å². The second-order valence-electron chi connectivity index (χ2n) is 9.95. The number of hydrogen-bond donors (Lipinski definition) is 3. The molecule has 3 rings (SSSR count). The minimum atomic E-state index is -1.92. The lowest BCUT2D eigenvalue weighted by Gasteiger charge is -2.53. The summed E-state index contributed by atoms with van der Waals surface area (Å²) in [5.41, 5.74) is -1.92. The molecule has 0 aliphatic carbocycles. The smallest absolute Gasteiger partial charge is 0.459 e. The van der Waals surface area contributed by atoms with Gasteiger partial charge in [0.25, 0.3) is 0 Å². The van der Waals surface area contributed by atoms with E-state index in [2.05, 4.69) is 19.6 Å². The third-order valence-corrected chi connectivity index (χ3v) is 7.65. The van der Waals surface area contributed by atoms with Gasteiger partial charge in [-0.05, 0) is 31.2 Å². The molecule has 186 valence electrons. The zero-order chi connectivity index (χ0) is 25.0. The molecule has 1 aliphatic heterocycles. The van der Waals surface area contributed by atoms with E-state index in [1.807, 2.05) is 6.07 Å². The average Bonchev–Trinajstić information content (AvgIpc) is 2.78. The molecule has 1 saturated heterocycles. The molecule has 8 nitrogen and oxygen atoms in total. The van der Waals surface area contributed by atoms with Gasteiger partial charge in [0.05, 0.1) is 6.61 Å². The fourth-order valence-electron chi connectivity index (χ4n) is 3.86. The molecule has 9 heteroatoms. The van der Waals surface area contributed by atoms with Crippen molar-refractivity contribution in [3.63, 3.8) is 0 Å². The van der Waals surface area contributed by atoms with E-state index < -0.39 is 50.5 Å². The molecule has 1 heterocycles. The summed E-state index contributed by atoms with van der Waals surface area (Å²) in [4.78, 5) is 12.6. The number of hydrogen-bond acceptors (Lipinski definition) is 8. The quantitative estimate of drug-likeness (QED) is 0.292. The summed E-state index contributed by atoms with van der Waals surface area (Å²) in [5.74, 6) is -0.992. The van der Waals surface area contributed by atoms with Crippen LogP contribution in [0.15, 0.2) is 60.7 Å². The first-order valence-corrected chi connectivity index (χ1v) is 15.0. The molecule has 0 amide bonds. The second kappa shape index (κ2) is 10.5. The van der Waals surface area contributed by atoms with Crippen LogP contribution in [-0.4, -0.2) is 65.9 Å². The Morgan fingerprint density at radius 2 is 1.59 bits per heavy atom. The van der Waals surface area contributed by atoms with Crippen LogP contribution in [0.2, 0.25) is 25.7 Å². The fraction of sp³-hybridized carbons (Fsp3) is 0.480.